The molecule has 1 unspecified atom stereocenters. The second kappa shape index (κ2) is 8.15. The molecule has 2 heterocycles. The van der Waals surface area contributed by atoms with Crippen LogP contribution in [0.25, 0.3) is 0 Å². The first kappa shape index (κ1) is 18.1. The van der Waals surface area contributed by atoms with Crippen molar-refractivity contribution < 1.29 is 14.3 Å². The summed E-state index contributed by atoms with van der Waals surface area (Å²) < 4.78 is 5.39. The van der Waals surface area contributed by atoms with Crippen LogP contribution in [0.5, 0.6) is 0 Å². The molecule has 1 atom stereocenters. The fourth-order valence-electron chi connectivity index (χ4n) is 3.76. The number of hydrogen-bond acceptors (Lipinski definition) is 5. The van der Waals surface area contributed by atoms with E-state index >= 15 is 0 Å². The second-order valence-electron chi connectivity index (χ2n) is 7.25. The third-order valence-electron chi connectivity index (χ3n) is 5.55. The third kappa shape index (κ3) is 4.12. The van der Waals surface area contributed by atoms with Crippen molar-refractivity contribution in [3.05, 3.63) is 33.4 Å². The lowest BCUT2D eigenvalue weighted by Crippen LogP contribution is -2.45. The zero-order valence-electron chi connectivity index (χ0n) is 14.9. The molecule has 1 aliphatic carbocycles. The third-order valence-corrected chi connectivity index (χ3v) is 5.55. The first-order chi connectivity index (χ1) is 12.1. The summed E-state index contributed by atoms with van der Waals surface area (Å²) in [5, 5.41) is 12.3. The van der Waals surface area contributed by atoms with Crippen LogP contribution < -0.4 is 10.9 Å². The zero-order chi connectivity index (χ0) is 17.8. The Hall–Kier alpha value is -1.66. The molecule has 3 rings (SSSR count). The van der Waals surface area contributed by atoms with Gasteiger partial charge in [-0.3, -0.25) is 9.69 Å². The Morgan fingerprint density at radius 2 is 2.12 bits per heavy atom. The highest BCUT2D eigenvalue weighted by atomic mass is 16.4. The molecule has 2 aliphatic rings. The van der Waals surface area contributed by atoms with Crippen LogP contribution in [0.3, 0.4) is 0 Å². The summed E-state index contributed by atoms with van der Waals surface area (Å²) in [6.45, 7) is 4.03. The Bertz CT molecular complexity index is 666. The van der Waals surface area contributed by atoms with E-state index in [2.05, 4.69) is 10.2 Å². The van der Waals surface area contributed by atoms with E-state index in [1.165, 1.54) is 6.42 Å². The lowest BCUT2D eigenvalue weighted by atomic mass is 9.83. The highest BCUT2D eigenvalue weighted by Crippen LogP contribution is 2.36. The van der Waals surface area contributed by atoms with Gasteiger partial charge in [-0.15, -0.1) is 0 Å². The highest BCUT2D eigenvalue weighted by molar-refractivity contribution is 5.95. The van der Waals surface area contributed by atoms with Crippen molar-refractivity contribution in [1.29, 1.82) is 0 Å². The van der Waals surface area contributed by atoms with E-state index in [1.807, 2.05) is 6.07 Å². The van der Waals surface area contributed by atoms with E-state index in [1.54, 1.807) is 6.92 Å². The molecule has 6 nitrogen and oxygen atoms in total. The van der Waals surface area contributed by atoms with Gasteiger partial charge in [0.05, 0.1) is 6.61 Å². The molecule has 1 aromatic rings. The van der Waals surface area contributed by atoms with Crippen molar-refractivity contribution in [2.75, 3.05) is 26.2 Å². The quantitative estimate of drug-likeness (QED) is 0.819. The van der Waals surface area contributed by atoms with Gasteiger partial charge in [0.1, 0.15) is 11.3 Å². The standard InChI is InChI=1S/C19H28N2O4/c1-13-11-16(14-5-4-6-14)25-19(24)17(13)18(23)20-8-10-21-9-3-2-7-15(21)12-22/h11,14-15,22H,2-10,12H2,1H3,(H,20,23). The van der Waals surface area contributed by atoms with Gasteiger partial charge in [0.2, 0.25) is 0 Å². The molecule has 1 aliphatic heterocycles. The molecule has 1 aromatic heterocycles. The van der Waals surface area contributed by atoms with Crippen LogP contribution in [-0.4, -0.2) is 48.2 Å². The monoisotopic (exact) mass is 348 g/mol. The minimum atomic E-state index is -0.536. The lowest BCUT2D eigenvalue weighted by molar-refractivity contribution is 0.0846. The summed E-state index contributed by atoms with van der Waals surface area (Å²) >= 11 is 0. The zero-order valence-corrected chi connectivity index (χ0v) is 14.9. The Morgan fingerprint density at radius 3 is 2.76 bits per heavy atom. The fourth-order valence-corrected chi connectivity index (χ4v) is 3.76. The number of rotatable bonds is 6. The van der Waals surface area contributed by atoms with Crippen LogP contribution in [0.2, 0.25) is 0 Å². The summed E-state index contributed by atoms with van der Waals surface area (Å²) in [4.78, 5) is 26.9. The maximum Gasteiger partial charge on any atom is 0.349 e. The number of hydrogen-bond donors (Lipinski definition) is 2. The predicted octanol–water partition coefficient (Wildman–Crippen LogP) is 1.79. The van der Waals surface area contributed by atoms with E-state index in [-0.39, 0.29) is 24.1 Å². The van der Waals surface area contributed by atoms with Crippen LogP contribution in [-0.2, 0) is 0 Å². The molecule has 1 saturated carbocycles. The van der Waals surface area contributed by atoms with Gasteiger partial charge < -0.3 is 14.8 Å². The molecule has 0 bridgehead atoms. The van der Waals surface area contributed by atoms with Gasteiger partial charge in [-0.1, -0.05) is 12.8 Å². The van der Waals surface area contributed by atoms with Gasteiger partial charge in [-0.05, 0) is 50.8 Å². The van der Waals surface area contributed by atoms with Crippen molar-refractivity contribution in [3.63, 3.8) is 0 Å². The molecule has 2 fully saturated rings. The van der Waals surface area contributed by atoms with Crippen LogP contribution in [0.15, 0.2) is 15.3 Å². The minimum absolute atomic E-state index is 0.112. The number of nitrogens with one attached hydrogen (secondary N) is 1. The number of aryl methyl sites for hydroxylation is 1. The van der Waals surface area contributed by atoms with Crippen molar-refractivity contribution in [2.24, 2.45) is 0 Å². The molecular weight excluding hydrogens is 320 g/mol. The van der Waals surface area contributed by atoms with Gasteiger partial charge in [0, 0.05) is 25.0 Å². The van der Waals surface area contributed by atoms with Crippen LogP contribution in [0.1, 0.15) is 66.1 Å². The molecule has 25 heavy (non-hydrogen) atoms. The van der Waals surface area contributed by atoms with Crippen molar-refractivity contribution in [3.8, 4) is 0 Å². The van der Waals surface area contributed by atoms with Gasteiger partial charge >= 0.3 is 5.63 Å². The summed E-state index contributed by atoms with van der Waals surface area (Å²) in [6, 6.07) is 2.02. The first-order valence-electron chi connectivity index (χ1n) is 9.38. The van der Waals surface area contributed by atoms with E-state index < -0.39 is 5.63 Å². The molecule has 0 spiro atoms. The number of amides is 1. The molecule has 0 radical (unpaired) electrons. The lowest BCUT2D eigenvalue weighted by Gasteiger charge is -2.34. The number of carbonyl (C=O) groups is 1. The minimum Gasteiger partial charge on any atom is -0.427 e. The van der Waals surface area contributed by atoms with Gasteiger partial charge in [0.15, 0.2) is 0 Å². The number of carbonyl (C=O) groups excluding carboxylic acids is 1. The summed E-state index contributed by atoms with van der Waals surface area (Å²) in [7, 11) is 0. The molecule has 1 amide bonds. The number of aliphatic hydroxyl groups is 1. The molecular formula is C19H28N2O4. The molecule has 2 N–H and O–H groups in total. The van der Waals surface area contributed by atoms with Crippen molar-refractivity contribution in [2.45, 2.75) is 57.4 Å². The van der Waals surface area contributed by atoms with Crippen molar-refractivity contribution >= 4 is 5.91 Å². The summed E-state index contributed by atoms with van der Waals surface area (Å²) in [5.41, 5.74) is 0.257. The average molecular weight is 348 g/mol. The number of piperidine rings is 1. The number of nitrogens with zero attached hydrogens (tertiary/aromatic N) is 1. The largest absolute Gasteiger partial charge is 0.427 e. The second-order valence-corrected chi connectivity index (χ2v) is 7.25. The highest BCUT2D eigenvalue weighted by Gasteiger charge is 2.25. The maximum absolute atomic E-state index is 12.4. The maximum atomic E-state index is 12.4. The Morgan fingerprint density at radius 1 is 1.32 bits per heavy atom. The van der Waals surface area contributed by atoms with Crippen LogP contribution in [0, 0.1) is 6.92 Å². The number of aliphatic hydroxyl groups excluding tert-OH is 1. The first-order valence-corrected chi connectivity index (χ1v) is 9.38. The van der Waals surface area contributed by atoms with Crippen LogP contribution in [0.4, 0.5) is 0 Å². The molecule has 1 saturated heterocycles. The Kier molecular flexibility index (Phi) is 5.91. The topological polar surface area (TPSA) is 82.8 Å². The normalized spacial score (nSPS) is 21.8. The number of likely N-dealkylation sites (tertiary alicyclic amines) is 1. The van der Waals surface area contributed by atoms with E-state index in [0.717, 1.165) is 38.6 Å². The fraction of sp³-hybridized carbons (Fsp3) is 0.684. The van der Waals surface area contributed by atoms with Crippen molar-refractivity contribution in [1.82, 2.24) is 10.2 Å². The summed E-state index contributed by atoms with van der Waals surface area (Å²) in [5.74, 6) is 0.673. The average Bonchev–Trinajstić information content (AvgIpc) is 2.53. The SMILES string of the molecule is Cc1cc(C2CCC2)oc(=O)c1C(=O)NCCN1CCCCC1CO. The summed E-state index contributed by atoms with van der Waals surface area (Å²) in [6.07, 6.45) is 6.53. The van der Waals surface area contributed by atoms with E-state index in [4.69, 9.17) is 4.42 Å². The Labute approximate surface area is 148 Å². The van der Waals surface area contributed by atoms with Gasteiger partial charge in [-0.25, -0.2) is 4.79 Å². The molecule has 138 valence electrons. The smallest absolute Gasteiger partial charge is 0.349 e. The molecule has 6 heteroatoms. The van der Waals surface area contributed by atoms with Gasteiger partial charge in [-0.2, -0.15) is 0 Å². The van der Waals surface area contributed by atoms with E-state index in [9.17, 15) is 14.7 Å². The molecule has 0 aromatic carbocycles. The Balaban J connectivity index is 1.58. The van der Waals surface area contributed by atoms with Gasteiger partial charge in [0.25, 0.3) is 5.91 Å². The predicted molar refractivity (Wildman–Crippen MR) is 94.9 cm³/mol. The van der Waals surface area contributed by atoms with Crippen LogP contribution >= 0.6 is 0 Å². The van der Waals surface area contributed by atoms with E-state index in [0.29, 0.717) is 30.3 Å².